The van der Waals surface area contributed by atoms with E-state index in [9.17, 15) is 0 Å². The summed E-state index contributed by atoms with van der Waals surface area (Å²) in [6.45, 7) is 4.03. The van der Waals surface area contributed by atoms with Gasteiger partial charge in [0, 0.05) is 19.2 Å². The van der Waals surface area contributed by atoms with E-state index in [0.717, 1.165) is 36.0 Å². The lowest BCUT2D eigenvalue weighted by Crippen LogP contribution is -2.30. The first-order valence-corrected chi connectivity index (χ1v) is 8.28. The maximum absolute atomic E-state index is 5.15. The lowest BCUT2D eigenvalue weighted by atomic mass is 10.1. The van der Waals surface area contributed by atoms with Crippen LogP contribution in [0.4, 0.5) is 11.6 Å². The first kappa shape index (κ1) is 16.2. The number of nitrogens with one attached hydrogen (secondary N) is 1. The summed E-state index contributed by atoms with van der Waals surface area (Å²) in [6, 6.07) is 9.68. The summed E-state index contributed by atoms with van der Waals surface area (Å²) >= 11 is 0. The molecule has 0 bridgehead atoms. The zero-order valence-corrected chi connectivity index (χ0v) is 14.2. The van der Waals surface area contributed by atoms with Gasteiger partial charge in [-0.1, -0.05) is 0 Å². The molecule has 1 aromatic carbocycles. The van der Waals surface area contributed by atoms with Crippen LogP contribution in [0.15, 0.2) is 35.4 Å². The van der Waals surface area contributed by atoms with Gasteiger partial charge in [0.1, 0.15) is 17.4 Å². The van der Waals surface area contributed by atoms with Crippen molar-refractivity contribution in [1.82, 2.24) is 9.97 Å². The van der Waals surface area contributed by atoms with E-state index < -0.39 is 0 Å². The largest absolute Gasteiger partial charge is 0.497 e. The van der Waals surface area contributed by atoms with Crippen LogP contribution in [0.1, 0.15) is 30.7 Å². The molecule has 1 fully saturated rings. The Bertz CT molecular complexity index is 693. The summed E-state index contributed by atoms with van der Waals surface area (Å²) in [6.07, 6.45) is 5.51. The van der Waals surface area contributed by atoms with Crippen LogP contribution in [0.2, 0.25) is 0 Å². The van der Waals surface area contributed by atoms with Gasteiger partial charge in [0.05, 0.1) is 13.3 Å². The Morgan fingerprint density at radius 2 is 1.88 bits per heavy atom. The minimum Gasteiger partial charge on any atom is -0.497 e. The SMILES string of the molecule is COc1ccc(/C=N\Nc2cc(N3CCCCC3)nc(C)n2)cc1. The second kappa shape index (κ2) is 7.77. The monoisotopic (exact) mass is 325 g/mol. The fourth-order valence-corrected chi connectivity index (χ4v) is 2.76. The van der Waals surface area contributed by atoms with Crippen LogP contribution in [0.5, 0.6) is 5.75 Å². The highest BCUT2D eigenvalue weighted by Crippen LogP contribution is 2.20. The van der Waals surface area contributed by atoms with Crippen molar-refractivity contribution in [2.75, 3.05) is 30.5 Å². The molecule has 3 rings (SSSR count). The van der Waals surface area contributed by atoms with E-state index in [1.165, 1.54) is 19.3 Å². The van der Waals surface area contributed by atoms with Crippen molar-refractivity contribution in [2.45, 2.75) is 26.2 Å². The first-order valence-electron chi connectivity index (χ1n) is 8.28. The van der Waals surface area contributed by atoms with E-state index in [1.54, 1.807) is 13.3 Å². The number of benzene rings is 1. The molecule has 0 saturated carbocycles. The smallest absolute Gasteiger partial charge is 0.152 e. The number of hydrogen-bond acceptors (Lipinski definition) is 6. The lowest BCUT2D eigenvalue weighted by Gasteiger charge is -2.27. The first-order chi connectivity index (χ1) is 11.7. The van der Waals surface area contributed by atoms with Crippen LogP contribution in [-0.4, -0.2) is 36.4 Å². The molecule has 1 N–H and O–H groups in total. The molecule has 0 unspecified atom stereocenters. The Hall–Kier alpha value is -2.63. The minimum atomic E-state index is 0.716. The molecule has 2 heterocycles. The molecule has 0 aliphatic carbocycles. The van der Waals surface area contributed by atoms with Gasteiger partial charge in [0.25, 0.3) is 0 Å². The molecule has 126 valence electrons. The molecule has 1 aliphatic rings. The predicted octanol–water partition coefficient (Wildman–Crippen LogP) is 3.23. The molecule has 6 nitrogen and oxygen atoms in total. The van der Waals surface area contributed by atoms with Crippen LogP contribution in [0.3, 0.4) is 0 Å². The van der Waals surface area contributed by atoms with E-state index in [4.69, 9.17) is 4.74 Å². The zero-order chi connectivity index (χ0) is 16.8. The van der Waals surface area contributed by atoms with Crippen LogP contribution in [-0.2, 0) is 0 Å². The summed E-state index contributed by atoms with van der Waals surface area (Å²) < 4.78 is 5.15. The van der Waals surface area contributed by atoms with E-state index in [1.807, 2.05) is 37.3 Å². The van der Waals surface area contributed by atoms with Gasteiger partial charge in [-0.25, -0.2) is 9.97 Å². The molecule has 24 heavy (non-hydrogen) atoms. The van der Waals surface area contributed by atoms with Gasteiger partial charge in [-0.3, -0.25) is 5.43 Å². The van der Waals surface area contributed by atoms with Crippen molar-refractivity contribution in [2.24, 2.45) is 5.10 Å². The summed E-state index contributed by atoms with van der Waals surface area (Å²) in [5, 5.41) is 4.27. The quantitative estimate of drug-likeness (QED) is 0.675. The van der Waals surface area contributed by atoms with Gasteiger partial charge in [0.15, 0.2) is 5.82 Å². The van der Waals surface area contributed by atoms with Crippen LogP contribution in [0.25, 0.3) is 0 Å². The molecular formula is C18H23N5O. The second-order valence-corrected chi connectivity index (χ2v) is 5.85. The Balaban J connectivity index is 1.67. The Morgan fingerprint density at radius 3 is 2.58 bits per heavy atom. The summed E-state index contributed by atoms with van der Waals surface area (Å²) in [5.74, 6) is 3.27. The van der Waals surface area contributed by atoms with Gasteiger partial charge in [0.2, 0.25) is 0 Å². The standard InChI is InChI=1S/C18H23N5O/c1-14-20-17(12-18(21-14)23-10-4-3-5-11-23)22-19-13-15-6-8-16(24-2)9-7-15/h6-9,12-13H,3-5,10-11H2,1-2H3,(H,20,21,22)/b19-13-. The van der Waals surface area contributed by atoms with Crippen molar-refractivity contribution >= 4 is 17.9 Å². The van der Waals surface area contributed by atoms with Gasteiger partial charge in [-0.15, -0.1) is 0 Å². The van der Waals surface area contributed by atoms with Crippen LogP contribution >= 0.6 is 0 Å². The molecule has 0 radical (unpaired) electrons. The average Bonchev–Trinajstić information content (AvgIpc) is 2.63. The summed E-state index contributed by atoms with van der Waals surface area (Å²) in [7, 11) is 1.65. The van der Waals surface area contributed by atoms with Gasteiger partial charge >= 0.3 is 0 Å². The third kappa shape index (κ3) is 4.22. The molecule has 1 aromatic heterocycles. The maximum Gasteiger partial charge on any atom is 0.152 e. The minimum absolute atomic E-state index is 0.716. The number of hydrogen-bond donors (Lipinski definition) is 1. The molecular weight excluding hydrogens is 302 g/mol. The molecule has 6 heteroatoms. The van der Waals surface area contributed by atoms with E-state index in [0.29, 0.717) is 5.82 Å². The van der Waals surface area contributed by atoms with Crippen molar-refractivity contribution in [1.29, 1.82) is 0 Å². The van der Waals surface area contributed by atoms with Crippen LogP contribution in [0, 0.1) is 6.92 Å². The molecule has 0 spiro atoms. The van der Waals surface area contributed by atoms with Crippen molar-refractivity contribution < 1.29 is 4.74 Å². The van der Waals surface area contributed by atoms with Crippen LogP contribution < -0.4 is 15.1 Å². The average molecular weight is 325 g/mol. The number of piperidine rings is 1. The van der Waals surface area contributed by atoms with E-state index in [2.05, 4.69) is 25.4 Å². The Morgan fingerprint density at radius 1 is 1.12 bits per heavy atom. The summed E-state index contributed by atoms with van der Waals surface area (Å²) in [4.78, 5) is 11.3. The second-order valence-electron chi connectivity index (χ2n) is 5.85. The number of ether oxygens (including phenoxy) is 1. The number of hydrazone groups is 1. The van der Waals surface area contributed by atoms with Gasteiger partial charge < -0.3 is 9.64 Å². The highest BCUT2D eigenvalue weighted by atomic mass is 16.5. The van der Waals surface area contributed by atoms with Gasteiger partial charge in [-0.2, -0.15) is 5.10 Å². The van der Waals surface area contributed by atoms with Crippen molar-refractivity contribution in [3.63, 3.8) is 0 Å². The third-order valence-electron chi connectivity index (χ3n) is 4.01. The zero-order valence-electron chi connectivity index (χ0n) is 14.2. The third-order valence-corrected chi connectivity index (χ3v) is 4.01. The summed E-state index contributed by atoms with van der Waals surface area (Å²) in [5.41, 5.74) is 3.99. The molecule has 1 aliphatic heterocycles. The van der Waals surface area contributed by atoms with Crippen molar-refractivity contribution in [3.05, 3.63) is 41.7 Å². The number of methoxy groups -OCH3 is 1. The van der Waals surface area contributed by atoms with E-state index >= 15 is 0 Å². The number of anilines is 2. The molecule has 0 atom stereocenters. The fourth-order valence-electron chi connectivity index (χ4n) is 2.76. The predicted molar refractivity (Wildman–Crippen MR) is 97.0 cm³/mol. The highest BCUT2D eigenvalue weighted by Gasteiger charge is 2.13. The highest BCUT2D eigenvalue weighted by molar-refractivity contribution is 5.80. The molecule has 1 saturated heterocycles. The Kier molecular flexibility index (Phi) is 5.25. The van der Waals surface area contributed by atoms with Gasteiger partial charge in [-0.05, 0) is 56.0 Å². The van der Waals surface area contributed by atoms with E-state index in [-0.39, 0.29) is 0 Å². The molecule has 2 aromatic rings. The number of aromatic nitrogens is 2. The maximum atomic E-state index is 5.15. The number of rotatable bonds is 5. The number of nitrogens with zero attached hydrogens (tertiary/aromatic N) is 4. The number of aryl methyl sites for hydroxylation is 1. The lowest BCUT2D eigenvalue weighted by molar-refractivity contribution is 0.415. The topological polar surface area (TPSA) is 62.6 Å². The normalized spacial score (nSPS) is 14.8. The molecule has 0 amide bonds. The Labute approximate surface area is 142 Å². The fraction of sp³-hybridized carbons (Fsp3) is 0.389. The van der Waals surface area contributed by atoms with Crippen molar-refractivity contribution in [3.8, 4) is 5.75 Å².